The fourth-order valence-electron chi connectivity index (χ4n) is 3.41. The van der Waals surface area contributed by atoms with E-state index >= 15 is 0 Å². The highest BCUT2D eigenvalue weighted by molar-refractivity contribution is 8.04. The van der Waals surface area contributed by atoms with Gasteiger partial charge in [-0.3, -0.25) is 14.5 Å². The second-order valence-electron chi connectivity index (χ2n) is 9.56. The first kappa shape index (κ1) is 23.9. The van der Waals surface area contributed by atoms with Crippen LogP contribution in [-0.4, -0.2) is 56.3 Å². The molecule has 31 heavy (non-hydrogen) atoms. The summed E-state index contributed by atoms with van der Waals surface area (Å²) < 4.78 is 16.6. The molecule has 8 nitrogen and oxygen atoms in total. The summed E-state index contributed by atoms with van der Waals surface area (Å²) in [5, 5.41) is 2.67. The van der Waals surface area contributed by atoms with Crippen LogP contribution in [0.4, 0.5) is 4.79 Å². The molecule has 2 fully saturated rings. The molecule has 2 saturated heterocycles. The van der Waals surface area contributed by atoms with Gasteiger partial charge in [-0.2, -0.15) is 0 Å². The van der Waals surface area contributed by atoms with Crippen LogP contribution in [0.3, 0.4) is 0 Å². The molecule has 0 spiro atoms. The fourth-order valence-corrected chi connectivity index (χ4v) is 5.94. The van der Waals surface area contributed by atoms with E-state index < -0.39 is 14.5 Å². The van der Waals surface area contributed by atoms with E-state index in [1.54, 1.807) is 0 Å². The van der Waals surface area contributed by atoms with Crippen LogP contribution < -0.4 is 5.32 Å². The molecule has 0 aromatic heterocycles. The van der Waals surface area contributed by atoms with Gasteiger partial charge in [-0.05, 0) is 31.0 Å². The average Bonchev–Trinajstić information content (AvgIpc) is 3.21. The summed E-state index contributed by atoms with van der Waals surface area (Å²) in [6, 6.07) is 0. The lowest BCUT2D eigenvalue weighted by atomic mass is 9.99. The molecule has 3 rings (SSSR count). The second kappa shape index (κ2) is 8.99. The number of carbonyl (C=O) groups is 3. The number of nitrogens with zero attached hydrogens (tertiary/aromatic N) is 1. The molecule has 10 heteroatoms. The maximum Gasteiger partial charge on any atom is 0.515 e. The molecule has 0 aliphatic carbocycles. The Morgan fingerprint density at radius 2 is 2.06 bits per heavy atom. The van der Waals surface area contributed by atoms with Crippen molar-refractivity contribution in [2.24, 2.45) is 11.8 Å². The highest BCUT2D eigenvalue weighted by atomic mass is 32.2. The van der Waals surface area contributed by atoms with Crippen molar-refractivity contribution >= 4 is 38.0 Å². The number of allylic oxidation sites excluding steroid dienone is 1. The Balaban J connectivity index is 1.72. The van der Waals surface area contributed by atoms with Gasteiger partial charge in [-0.25, -0.2) is 4.79 Å². The number of nitrogens with one attached hydrogen (secondary N) is 1. The lowest BCUT2D eigenvalue weighted by Crippen LogP contribution is -2.59. The molecule has 2 amide bonds. The van der Waals surface area contributed by atoms with Crippen molar-refractivity contribution in [2.45, 2.75) is 57.1 Å². The number of hydrogen-bond acceptors (Lipinski definition) is 7. The minimum atomic E-state index is -2.00. The van der Waals surface area contributed by atoms with Crippen LogP contribution in [0.15, 0.2) is 23.4 Å². The maximum absolute atomic E-state index is 12.9. The maximum atomic E-state index is 12.9. The Morgan fingerprint density at radius 3 is 2.65 bits per heavy atom. The van der Waals surface area contributed by atoms with Crippen molar-refractivity contribution < 1.29 is 28.3 Å². The number of ether oxygens (including phenoxy) is 2. The van der Waals surface area contributed by atoms with E-state index in [1.165, 1.54) is 22.7 Å². The van der Waals surface area contributed by atoms with Gasteiger partial charge in [0.1, 0.15) is 12.0 Å². The normalized spacial score (nSPS) is 25.8. The van der Waals surface area contributed by atoms with Crippen LogP contribution in [0.5, 0.6) is 0 Å². The highest BCUT2D eigenvalue weighted by Crippen LogP contribution is 2.52. The Kier molecular flexibility index (Phi) is 6.92. The molecule has 0 bridgehead atoms. The standard InChI is InChI=1S/C21H32N2O6SSi/c1-7-10-27-20(26)29-18-15(11-13-8-9-22-16(13)24)30-19-14(17(25)23(18)19)12-28-31(5,6)21(2,3)4/h7,13-14,19H,1,8-12H2,2-6H3,(H,22,24)/t13-,14-,19+/m0/s1. The second-order valence-corrected chi connectivity index (χ2v) is 15.6. The molecule has 0 unspecified atom stereocenters. The fraction of sp³-hybridized carbons (Fsp3) is 0.667. The number of thioether (sulfide) groups is 1. The number of fused-ring (bicyclic) bond motifs is 1. The summed E-state index contributed by atoms with van der Waals surface area (Å²) >= 11 is 1.48. The Hall–Kier alpha value is -1.78. The summed E-state index contributed by atoms with van der Waals surface area (Å²) in [7, 11) is -2.00. The number of carbonyl (C=O) groups excluding carboxylic acids is 3. The number of amides is 2. The Bertz CT molecular complexity index is 806. The minimum absolute atomic E-state index is 0.0138. The van der Waals surface area contributed by atoms with Gasteiger partial charge in [0.2, 0.25) is 17.7 Å². The van der Waals surface area contributed by atoms with Crippen molar-refractivity contribution in [1.29, 1.82) is 0 Å². The van der Waals surface area contributed by atoms with Crippen LogP contribution in [0.2, 0.25) is 18.1 Å². The smallest absolute Gasteiger partial charge is 0.430 e. The largest absolute Gasteiger partial charge is 0.515 e. The third-order valence-corrected chi connectivity index (χ3v) is 12.3. The van der Waals surface area contributed by atoms with Crippen LogP contribution in [0.1, 0.15) is 33.6 Å². The van der Waals surface area contributed by atoms with Gasteiger partial charge in [-0.15, -0.1) is 0 Å². The van der Waals surface area contributed by atoms with Crippen molar-refractivity contribution in [3.63, 3.8) is 0 Å². The highest BCUT2D eigenvalue weighted by Gasteiger charge is 2.57. The van der Waals surface area contributed by atoms with Crippen molar-refractivity contribution in [2.75, 3.05) is 19.8 Å². The SMILES string of the molecule is C=CCOC(=O)OC1=C(C[C@@H]2CCNC2=O)S[C@@H]2[C@@H](CO[Si](C)(C)C(C)(C)C)C(=O)N12. The molecule has 3 aliphatic rings. The molecule has 3 aliphatic heterocycles. The molecule has 1 N–H and O–H groups in total. The van der Waals surface area contributed by atoms with E-state index in [-0.39, 0.29) is 46.6 Å². The summed E-state index contributed by atoms with van der Waals surface area (Å²) in [4.78, 5) is 39.3. The van der Waals surface area contributed by atoms with Gasteiger partial charge >= 0.3 is 6.16 Å². The predicted molar refractivity (Wildman–Crippen MR) is 120 cm³/mol. The monoisotopic (exact) mass is 468 g/mol. The molecule has 3 atom stereocenters. The minimum Gasteiger partial charge on any atom is -0.430 e. The molecule has 0 saturated carbocycles. The Morgan fingerprint density at radius 1 is 1.35 bits per heavy atom. The van der Waals surface area contributed by atoms with E-state index in [2.05, 4.69) is 45.8 Å². The van der Waals surface area contributed by atoms with E-state index in [1.807, 2.05) is 0 Å². The summed E-state index contributed by atoms with van der Waals surface area (Å²) in [5.41, 5.74) is 0. The number of hydrogen-bond donors (Lipinski definition) is 1. The van der Waals surface area contributed by atoms with E-state index in [0.717, 1.165) is 4.91 Å². The first-order valence-corrected chi connectivity index (χ1v) is 14.3. The van der Waals surface area contributed by atoms with E-state index in [4.69, 9.17) is 13.9 Å². The van der Waals surface area contributed by atoms with Gasteiger partial charge in [0, 0.05) is 24.0 Å². The van der Waals surface area contributed by atoms with Crippen LogP contribution in [0, 0.1) is 11.8 Å². The molecular formula is C21H32N2O6SSi. The zero-order valence-corrected chi connectivity index (χ0v) is 20.7. The zero-order chi connectivity index (χ0) is 23.0. The molecule has 172 valence electrons. The number of rotatable bonds is 8. The van der Waals surface area contributed by atoms with Gasteiger partial charge < -0.3 is 19.2 Å². The molecule has 0 radical (unpaired) electrons. The average molecular weight is 469 g/mol. The topological polar surface area (TPSA) is 94.2 Å². The van der Waals surface area contributed by atoms with Crippen molar-refractivity contribution in [1.82, 2.24) is 10.2 Å². The lowest BCUT2D eigenvalue weighted by molar-refractivity contribution is -0.151. The predicted octanol–water partition coefficient (Wildman–Crippen LogP) is 3.57. The summed E-state index contributed by atoms with van der Waals surface area (Å²) in [6.07, 6.45) is 1.69. The number of β-lactam (4-membered cyclic amide) rings is 1. The third kappa shape index (κ3) is 4.85. The zero-order valence-electron chi connectivity index (χ0n) is 18.9. The van der Waals surface area contributed by atoms with E-state index in [0.29, 0.717) is 26.0 Å². The van der Waals surface area contributed by atoms with Crippen LogP contribution in [0.25, 0.3) is 0 Å². The molecule has 3 heterocycles. The first-order valence-electron chi connectivity index (χ1n) is 10.6. The molecular weight excluding hydrogens is 436 g/mol. The van der Waals surface area contributed by atoms with Gasteiger partial charge in [-0.1, -0.05) is 45.2 Å². The third-order valence-electron chi connectivity index (χ3n) is 6.40. The van der Waals surface area contributed by atoms with Crippen LogP contribution in [-0.2, 0) is 23.5 Å². The molecule has 0 aromatic carbocycles. The first-order chi connectivity index (χ1) is 14.5. The lowest BCUT2D eigenvalue weighted by Gasteiger charge is -2.44. The molecule has 0 aromatic rings. The Labute approximate surface area is 188 Å². The van der Waals surface area contributed by atoms with Crippen molar-refractivity contribution in [3.05, 3.63) is 23.4 Å². The van der Waals surface area contributed by atoms with Crippen molar-refractivity contribution in [3.8, 4) is 0 Å². The van der Waals surface area contributed by atoms with Gasteiger partial charge in [0.25, 0.3) is 0 Å². The quantitative estimate of drug-likeness (QED) is 0.252. The van der Waals surface area contributed by atoms with E-state index in [9.17, 15) is 14.4 Å². The van der Waals surface area contributed by atoms with Crippen LogP contribution >= 0.6 is 11.8 Å². The van der Waals surface area contributed by atoms with Gasteiger partial charge in [0.05, 0.1) is 5.92 Å². The summed E-state index contributed by atoms with van der Waals surface area (Å²) in [5.74, 6) is -0.455. The summed E-state index contributed by atoms with van der Waals surface area (Å²) in [6.45, 7) is 15.3. The van der Waals surface area contributed by atoms with Gasteiger partial charge in [0.15, 0.2) is 8.32 Å².